The first-order valence-electron chi connectivity index (χ1n) is 10.5. The van der Waals surface area contributed by atoms with Crippen LogP contribution in [0.5, 0.6) is 5.75 Å². The van der Waals surface area contributed by atoms with Gasteiger partial charge in [0.25, 0.3) is 11.8 Å². The van der Waals surface area contributed by atoms with Crippen molar-refractivity contribution in [3.8, 4) is 5.75 Å². The molecule has 1 heterocycles. The van der Waals surface area contributed by atoms with Gasteiger partial charge in [-0.2, -0.15) is 0 Å². The van der Waals surface area contributed by atoms with Gasteiger partial charge in [-0.15, -0.1) is 11.8 Å². The summed E-state index contributed by atoms with van der Waals surface area (Å²) < 4.78 is 11.3. The number of ether oxygens (including phenoxy) is 2. The van der Waals surface area contributed by atoms with E-state index in [1.54, 1.807) is 0 Å². The molecule has 29 heavy (non-hydrogen) atoms. The predicted molar refractivity (Wildman–Crippen MR) is 119 cm³/mol. The molecule has 160 valence electrons. The molecule has 0 saturated carbocycles. The number of thioether (sulfide) groups is 1. The summed E-state index contributed by atoms with van der Waals surface area (Å²) in [5, 5.41) is 0.206. The van der Waals surface area contributed by atoms with E-state index in [9.17, 15) is 9.59 Å². The smallest absolute Gasteiger partial charge is 0.267 e. The van der Waals surface area contributed by atoms with Crippen LogP contribution in [-0.4, -0.2) is 47.8 Å². The Bertz CT molecular complexity index is 725. The molecule has 0 fully saturated rings. The summed E-state index contributed by atoms with van der Waals surface area (Å²) in [6, 6.07) is 7.41. The Morgan fingerprint density at radius 3 is 2.21 bits per heavy atom. The molecule has 1 aliphatic heterocycles. The molecule has 0 aromatic heterocycles. The first kappa shape index (κ1) is 23.5. The van der Waals surface area contributed by atoms with Crippen LogP contribution >= 0.6 is 11.8 Å². The second-order valence-electron chi connectivity index (χ2n) is 7.64. The number of carbonyl (C=O) groups excluding carboxylic acids is 2. The van der Waals surface area contributed by atoms with Crippen LogP contribution in [0.15, 0.2) is 29.2 Å². The first-order chi connectivity index (χ1) is 13.8. The molecule has 0 bridgehead atoms. The monoisotopic (exact) mass is 419 g/mol. The Morgan fingerprint density at radius 1 is 0.966 bits per heavy atom. The Morgan fingerprint density at radius 2 is 1.62 bits per heavy atom. The van der Waals surface area contributed by atoms with E-state index < -0.39 is 0 Å². The number of unbranched alkanes of at least 4 members (excludes halogenated alkanes) is 1. The third kappa shape index (κ3) is 6.61. The molecule has 0 atom stereocenters. The molecule has 1 aromatic carbocycles. The lowest BCUT2D eigenvalue weighted by molar-refractivity contribution is -0.136. The lowest BCUT2D eigenvalue weighted by Gasteiger charge is -2.15. The SMILES string of the molecule is CCCCOCCCN1C(=O)C(SC(C)C)=C(c2ccc(OC(C)C)cc2)C1=O. The third-order valence-corrected chi connectivity index (χ3v) is 5.39. The number of amides is 2. The van der Waals surface area contributed by atoms with Gasteiger partial charge < -0.3 is 9.47 Å². The molecule has 2 amide bonds. The summed E-state index contributed by atoms with van der Waals surface area (Å²) in [6.45, 7) is 11.8. The van der Waals surface area contributed by atoms with Crippen LogP contribution in [0.1, 0.15) is 59.4 Å². The van der Waals surface area contributed by atoms with Gasteiger partial charge in [-0.1, -0.05) is 39.3 Å². The van der Waals surface area contributed by atoms with E-state index in [0.717, 1.165) is 30.8 Å². The predicted octanol–water partition coefficient (Wildman–Crippen LogP) is 4.90. The van der Waals surface area contributed by atoms with Gasteiger partial charge >= 0.3 is 0 Å². The number of benzene rings is 1. The van der Waals surface area contributed by atoms with Gasteiger partial charge in [-0.05, 0) is 44.4 Å². The molecular weight excluding hydrogens is 386 g/mol. The molecule has 5 nitrogen and oxygen atoms in total. The zero-order chi connectivity index (χ0) is 21.4. The van der Waals surface area contributed by atoms with Gasteiger partial charge in [0.2, 0.25) is 0 Å². The number of hydrogen-bond acceptors (Lipinski definition) is 5. The molecule has 0 radical (unpaired) electrons. The Hall–Kier alpha value is -1.79. The van der Waals surface area contributed by atoms with Crippen molar-refractivity contribution in [2.75, 3.05) is 19.8 Å². The van der Waals surface area contributed by atoms with E-state index >= 15 is 0 Å². The van der Waals surface area contributed by atoms with Gasteiger partial charge in [0.1, 0.15) is 5.75 Å². The standard InChI is InChI=1S/C23H33NO4S/c1-6-7-14-27-15-8-13-24-22(25)20(21(23(24)26)29-17(4)5)18-9-11-19(12-10-18)28-16(2)3/h9-12,16-17H,6-8,13-15H2,1-5H3. The van der Waals surface area contributed by atoms with Crippen LogP contribution in [0.3, 0.4) is 0 Å². The lowest BCUT2D eigenvalue weighted by Crippen LogP contribution is -2.33. The van der Waals surface area contributed by atoms with Gasteiger partial charge in [0, 0.05) is 25.0 Å². The highest BCUT2D eigenvalue weighted by Crippen LogP contribution is 2.38. The van der Waals surface area contributed by atoms with Gasteiger partial charge in [0.15, 0.2) is 0 Å². The van der Waals surface area contributed by atoms with Crippen molar-refractivity contribution in [1.82, 2.24) is 4.90 Å². The van der Waals surface area contributed by atoms with Crippen LogP contribution in [0.2, 0.25) is 0 Å². The van der Waals surface area contributed by atoms with Crippen LogP contribution in [0.4, 0.5) is 0 Å². The maximum atomic E-state index is 13.1. The van der Waals surface area contributed by atoms with Gasteiger partial charge in [0.05, 0.1) is 16.6 Å². The van der Waals surface area contributed by atoms with E-state index in [2.05, 4.69) is 6.92 Å². The largest absolute Gasteiger partial charge is 0.491 e. The van der Waals surface area contributed by atoms with Crippen molar-refractivity contribution < 1.29 is 19.1 Å². The minimum atomic E-state index is -0.218. The lowest BCUT2D eigenvalue weighted by atomic mass is 10.1. The summed E-state index contributed by atoms with van der Waals surface area (Å²) in [7, 11) is 0. The molecule has 2 rings (SSSR count). The van der Waals surface area contributed by atoms with Gasteiger partial charge in [-0.25, -0.2) is 0 Å². The molecule has 0 aliphatic carbocycles. The first-order valence-corrected chi connectivity index (χ1v) is 11.3. The van der Waals surface area contributed by atoms with E-state index in [0.29, 0.717) is 30.1 Å². The quantitative estimate of drug-likeness (QED) is 0.356. The average Bonchev–Trinajstić information content (AvgIpc) is 2.88. The number of hydrogen-bond donors (Lipinski definition) is 0. The second kappa shape index (κ2) is 11.4. The fourth-order valence-electron chi connectivity index (χ4n) is 3.00. The second-order valence-corrected chi connectivity index (χ2v) is 9.23. The number of rotatable bonds is 12. The Kier molecular flexibility index (Phi) is 9.24. The van der Waals surface area contributed by atoms with Crippen LogP contribution in [0, 0.1) is 0 Å². The Labute approximate surface area is 178 Å². The van der Waals surface area contributed by atoms with Crippen LogP contribution in [0.25, 0.3) is 5.57 Å². The minimum Gasteiger partial charge on any atom is -0.491 e. The highest BCUT2D eigenvalue weighted by atomic mass is 32.2. The van der Waals surface area contributed by atoms with E-state index in [4.69, 9.17) is 9.47 Å². The molecular formula is C23H33NO4S. The zero-order valence-electron chi connectivity index (χ0n) is 18.2. The minimum absolute atomic E-state index is 0.0804. The number of imide groups is 1. The molecule has 0 saturated heterocycles. The number of carbonyl (C=O) groups is 2. The summed E-state index contributed by atoms with van der Waals surface area (Å²) in [5.74, 6) is 0.337. The third-order valence-electron chi connectivity index (χ3n) is 4.31. The van der Waals surface area contributed by atoms with Crippen molar-refractivity contribution in [3.63, 3.8) is 0 Å². The topological polar surface area (TPSA) is 55.8 Å². The van der Waals surface area contributed by atoms with E-state index in [-0.39, 0.29) is 23.2 Å². The van der Waals surface area contributed by atoms with Crippen molar-refractivity contribution in [3.05, 3.63) is 34.7 Å². The van der Waals surface area contributed by atoms with Crippen LogP contribution in [-0.2, 0) is 14.3 Å². The molecule has 0 spiro atoms. The molecule has 1 aliphatic rings. The average molecular weight is 420 g/mol. The highest BCUT2D eigenvalue weighted by Gasteiger charge is 2.39. The van der Waals surface area contributed by atoms with E-state index in [1.165, 1.54) is 16.7 Å². The van der Waals surface area contributed by atoms with Gasteiger partial charge in [-0.3, -0.25) is 14.5 Å². The summed E-state index contributed by atoms with van der Waals surface area (Å²) >= 11 is 1.45. The maximum absolute atomic E-state index is 13.1. The van der Waals surface area contributed by atoms with Crippen molar-refractivity contribution in [1.29, 1.82) is 0 Å². The van der Waals surface area contributed by atoms with Crippen molar-refractivity contribution in [2.24, 2.45) is 0 Å². The summed E-state index contributed by atoms with van der Waals surface area (Å²) in [4.78, 5) is 28.0. The summed E-state index contributed by atoms with van der Waals surface area (Å²) in [5.41, 5.74) is 1.25. The zero-order valence-corrected chi connectivity index (χ0v) is 19.0. The summed E-state index contributed by atoms with van der Waals surface area (Å²) in [6.07, 6.45) is 2.85. The Balaban J connectivity index is 2.15. The van der Waals surface area contributed by atoms with E-state index in [1.807, 2.05) is 52.0 Å². The molecule has 0 unspecified atom stereocenters. The van der Waals surface area contributed by atoms with Crippen molar-refractivity contribution in [2.45, 2.75) is 65.2 Å². The maximum Gasteiger partial charge on any atom is 0.267 e. The molecule has 0 N–H and O–H groups in total. The normalized spacial score (nSPS) is 14.7. The molecule has 6 heteroatoms. The van der Waals surface area contributed by atoms with Crippen LogP contribution < -0.4 is 4.74 Å². The molecule has 1 aromatic rings. The number of nitrogens with zero attached hydrogens (tertiary/aromatic N) is 1. The fraction of sp³-hybridized carbons (Fsp3) is 0.565. The fourth-order valence-corrected chi connectivity index (χ4v) is 4.01. The highest BCUT2D eigenvalue weighted by molar-refractivity contribution is 8.04. The van der Waals surface area contributed by atoms with Crippen molar-refractivity contribution >= 4 is 29.1 Å².